The summed E-state index contributed by atoms with van der Waals surface area (Å²) in [5, 5.41) is 3.33. The van der Waals surface area contributed by atoms with Gasteiger partial charge < -0.3 is 5.32 Å². The Morgan fingerprint density at radius 1 is 1.42 bits per heavy atom. The van der Waals surface area contributed by atoms with E-state index >= 15 is 0 Å². The average molecular weight is 167 g/mol. The molecule has 68 valence electrons. The van der Waals surface area contributed by atoms with Gasteiger partial charge in [-0.15, -0.1) is 0 Å². The van der Waals surface area contributed by atoms with Gasteiger partial charge in [0.2, 0.25) is 0 Å². The topological polar surface area (TPSA) is 29.1 Å². The minimum absolute atomic E-state index is 0.181. The van der Waals surface area contributed by atoms with E-state index in [1.54, 1.807) is 6.92 Å². The van der Waals surface area contributed by atoms with Gasteiger partial charge in [0, 0.05) is 0 Å². The van der Waals surface area contributed by atoms with E-state index in [1.165, 1.54) is 12.8 Å². The lowest BCUT2D eigenvalue weighted by Crippen LogP contribution is -2.34. The summed E-state index contributed by atoms with van der Waals surface area (Å²) in [6, 6.07) is 0.181. The van der Waals surface area contributed by atoms with E-state index in [-0.39, 0.29) is 6.04 Å². The van der Waals surface area contributed by atoms with Crippen molar-refractivity contribution in [1.29, 1.82) is 0 Å². The lowest BCUT2D eigenvalue weighted by Gasteiger charge is -2.14. The predicted molar refractivity (Wildman–Crippen MR) is 47.8 cm³/mol. The van der Waals surface area contributed by atoms with Crippen LogP contribution in [0.3, 0.4) is 0 Å². The summed E-state index contributed by atoms with van der Waals surface area (Å²) < 4.78 is 0. The third kappa shape index (κ3) is 1.18. The van der Waals surface area contributed by atoms with Gasteiger partial charge in [-0.1, -0.05) is 6.92 Å². The Morgan fingerprint density at radius 3 is 2.83 bits per heavy atom. The number of Topliss-reactive ketones (excluding diaryl/α,β-unsaturated/α-hetero) is 1. The molecule has 2 nitrogen and oxygen atoms in total. The number of ketones is 1. The van der Waals surface area contributed by atoms with Crippen LogP contribution in [-0.2, 0) is 4.79 Å². The first kappa shape index (κ1) is 8.24. The molecule has 1 saturated carbocycles. The summed E-state index contributed by atoms with van der Waals surface area (Å²) in [6.45, 7) is 5.08. The number of rotatable bonds is 1. The summed E-state index contributed by atoms with van der Waals surface area (Å²) in [6.07, 6.45) is 2.57. The van der Waals surface area contributed by atoms with Gasteiger partial charge >= 0.3 is 0 Å². The van der Waals surface area contributed by atoms with Crippen molar-refractivity contribution < 1.29 is 4.79 Å². The van der Waals surface area contributed by atoms with Crippen LogP contribution in [0, 0.1) is 17.8 Å². The van der Waals surface area contributed by atoms with Crippen molar-refractivity contribution in [3.63, 3.8) is 0 Å². The molecular weight excluding hydrogens is 150 g/mol. The minimum atomic E-state index is 0.181. The molecule has 0 spiro atoms. The van der Waals surface area contributed by atoms with E-state index in [4.69, 9.17) is 0 Å². The van der Waals surface area contributed by atoms with Gasteiger partial charge in [0.25, 0.3) is 0 Å². The molecular formula is C10H17NO. The van der Waals surface area contributed by atoms with E-state index in [0.717, 1.165) is 18.4 Å². The largest absolute Gasteiger partial charge is 0.307 e. The molecule has 0 aromatic rings. The quantitative estimate of drug-likeness (QED) is 0.636. The Hall–Kier alpha value is -0.370. The second kappa shape index (κ2) is 2.84. The van der Waals surface area contributed by atoms with E-state index in [1.807, 2.05) is 0 Å². The fourth-order valence-electron chi connectivity index (χ4n) is 2.96. The first-order valence-electron chi connectivity index (χ1n) is 4.92. The smallest absolute Gasteiger partial charge is 0.146 e. The highest BCUT2D eigenvalue weighted by Crippen LogP contribution is 2.41. The predicted octanol–water partition coefficient (Wildman–Crippen LogP) is 1.21. The summed E-state index contributed by atoms with van der Waals surface area (Å²) in [5.74, 6) is 2.60. The van der Waals surface area contributed by atoms with Gasteiger partial charge in [-0.2, -0.15) is 0 Å². The van der Waals surface area contributed by atoms with E-state index in [0.29, 0.717) is 11.7 Å². The Labute approximate surface area is 73.7 Å². The third-order valence-corrected chi connectivity index (χ3v) is 3.45. The molecule has 0 radical (unpaired) electrons. The van der Waals surface area contributed by atoms with Crippen LogP contribution in [0.2, 0.25) is 0 Å². The minimum Gasteiger partial charge on any atom is -0.307 e. The van der Waals surface area contributed by atoms with E-state index < -0.39 is 0 Å². The van der Waals surface area contributed by atoms with E-state index in [2.05, 4.69) is 12.2 Å². The van der Waals surface area contributed by atoms with Crippen molar-refractivity contribution >= 4 is 5.78 Å². The molecule has 1 heterocycles. The van der Waals surface area contributed by atoms with Gasteiger partial charge in [0.15, 0.2) is 0 Å². The second-order valence-corrected chi connectivity index (χ2v) is 4.50. The summed E-state index contributed by atoms with van der Waals surface area (Å²) in [5.41, 5.74) is 0. The van der Waals surface area contributed by atoms with Crippen LogP contribution in [-0.4, -0.2) is 18.4 Å². The highest BCUT2D eigenvalue weighted by Gasteiger charge is 2.43. The van der Waals surface area contributed by atoms with Crippen LogP contribution in [0.1, 0.15) is 26.7 Å². The zero-order chi connectivity index (χ0) is 8.72. The van der Waals surface area contributed by atoms with Gasteiger partial charge in [0.05, 0.1) is 6.04 Å². The number of nitrogens with one attached hydrogen (secondary N) is 1. The monoisotopic (exact) mass is 167 g/mol. The molecule has 12 heavy (non-hydrogen) atoms. The van der Waals surface area contributed by atoms with Crippen LogP contribution < -0.4 is 5.32 Å². The molecule has 1 N–H and O–H groups in total. The molecule has 1 unspecified atom stereocenters. The van der Waals surface area contributed by atoms with Crippen LogP contribution in [0.4, 0.5) is 0 Å². The van der Waals surface area contributed by atoms with Crippen LogP contribution in [0.15, 0.2) is 0 Å². The highest BCUT2D eigenvalue weighted by molar-refractivity contribution is 5.82. The Kier molecular flexibility index (Phi) is 1.95. The molecule has 2 rings (SSSR count). The highest BCUT2D eigenvalue weighted by atomic mass is 16.1. The normalized spacial score (nSPS) is 46.2. The summed E-state index contributed by atoms with van der Waals surface area (Å²) in [4.78, 5) is 11.2. The molecule has 4 atom stereocenters. The molecule has 2 heteroatoms. The Morgan fingerprint density at radius 2 is 2.17 bits per heavy atom. The molecule has 1 aliphatic heterocycles. The number of carbonyl (C=O) groups excluding carboxylic acids is 1. The van der Waals surface area contributed by atoms with Gasteiger partial charge in [0.1, 0.15) is 5.78 Å². The first-order chi connectivity index (χ1) is 5.68. The fourth-order valence-corrected chi connectivity index (χ4v) is 2.96. The van der Waals surface area contributed by atoms with Crippen LogP contribution in [0.5, 0.6) is 0 Å². The zero-order valence-corrected chi connectivity index (χ0v) is 7.84. The molecule has 2 fully saturated rings. The molecule has 2 aliphatic rings. The first-order valence-corrected chi connectivity index (χ1v) is 4.92. The average Bonchev–Trinajstić information content (AvgIpc) is 2.43. The van der Waals surface area contributed by atoms with Crippen molar-refractivity contribution in [2.24, 2.45) is 17.8 Å². The summed E-state index contributed by atoms with van der Waals surface area (Å²) in [7, 11) is 0. The molecule has 0 aromatic carbocycles. The van der Waals surface area contributed by atoms with Crippen molar-refractivity contribution in [3.05, 3.63) is 0 Å². The molecule has 1 aliphatic carbocycles. The maximum absolute atomic E-state index is 11.2. The Bertz CT molecular complexity index is 202. The zero-order valence-electron chi connectivity index (χ0n) is 7.84. The standard InChI is InChI=1S/C10H17NO/c1-6-3-8-5-11-10(7(2)12)9(8)4-6/h6,8-11H,3-5H2,1-2H3/t6?,8-,9-,10+/m0/s1. The van der Waals surface area contributed by atoms with E-state index in [9.17, 15) is 4.79 Å². The SMILES string of the molecule is CC(=O)[C@H]1NC[C@@H]2CC(C)C[C@@H]21. The van der Waals surface area contributed by atoms with Crippen molar-refractivity contribution in [1.82, 2.24) is 5.32 Å². The molecule has 0 amide bonds. The number of hydrogen-bond acceptors (Lipinski definition) is 2. The third-order valence-electron chi connectivity index (χ3n) is 3.45. The number of carbonyl (C=O) groups is 1. The summed E-state index contributed by atoms with van der Waals surface area (Å²) >= 11 is 0. The molecule has 0 bridgehead atoms. The number of fused-ring (bicyclic) bond motifs is 1. The number of hydrogen-bond donors (Lipinski definition) is 1. The van der Waals surface area contributed by atoms with Gasteiger partial charge in [-0.05, 0) is 44.1 Å². The van der Waals surface area contributed by atoms with Gasteiger partial charge in [-0.25, -0.2) is 0 Å². The van der Waals surface area contributed by atoms with Crippen LogP contribution >= 0.6 is 0 Å². The second-order valence-electron chi connectivity index (χ2n) is 4.50. The fraction of sp³-hybridized carbons (Fsp3) is 0.900. The van der Waals surface area contributed by atoms with Crippen molar-refractivity contribution in [2.75, 3.05) is 6.54 Å². The Balaban J connectivity index is 2.08. The molecule has 0 aromatic heterocycles. The lowest BCUT2D eigenvalue weighted by atomic mass is 9.92. The van der Waals surface area contributed by atoms with Crippen molar-refractivity contribution in [3.8, 4) is 0 Å². The maximum atomic E-state index is 11.2. The van der Waals surface area contributed by atoms with Crippen molar-refractivity contribution in [2.45, 2.75) is 32.7 Å². The maximum Gasteiger partial charge on any atom is 0.146 e. The van der Waals surface area contributed by atoms with Crippen LogP contribution in [0.25, 0.3) is 0 Å². The molecule has 1 saturated heterocycles. The lowest BCUT2D eigenvalue weighted by molar-refractivity contribution is -0.119. The van der Waals surface area contributed by atoms with Gasteiger partial charge in [-0.3, -0.25) is 4.79 Å².